The maximum atomic E-state index is 3.41. The number of hydrogen-bond donors (Lipinski definition) is 0. The van der Waals surface area contributed by atoms with Gasteiger partial charge in [-0.05, 0) is 31.0 Å². The minimum Gasteiger partial charge on any atom is -0.131 e. The number of unbranched alkanes of at least 4 members (excludes halogenated alkanes) is 2. The van der Waals surface area contributed by atoms with Crippen LogP contribution in [0, 0.1) is 0 Å². The summed E-state index contributed by atoms with van der Waals surface area (Å²) >= 11 is 0. The molecule has 0 nitrogen and oxygen atoms in total. The third kappa shape index (κ3) is 5.40. The monoisotopic (exact) mass is 182 g/mol. The molecule has 70 valence electrons. The van der Waals surface area contributed by atoms with E-state index in [1.165, 1.54) is 24.5 Å². The van der Waals surface area contributed by atoms with Gasteiger partial charge in [0.15, 0.2) is 0 Å². The van der Waals surface area contributed by atoms with Crippen LogP contribution in [0.1, 0.15) is 33.1 Å². The fourth-order valence-corrected chi connectivity index (χ4v) is 1.28. The first-order valence-corrected chi connectivity index (χ1v) is 8.40. The molecule has 0 aliphatic heterocycles. The number of hydrogen-bond acceptors (Lipinski definition) is 0. The highest BCUT2D eigenvalue weighted by molar-refractivity contribution is 6.82. The van der Waals surface area contributed by atoms with Crippen LogP contribution in [0.5, 0.6) is 0 Å². The fourth-order valence-electron chi connectivity index (χ4n) is 0.748. The molecule has 0 bridgehead atoms. The average molecular weight is 182 g/mol. The second kappa shape index (κ2) is 5.39. The van der Waals surface area contributed by atoms with E-state index in [0.29, 0.717) is 0 Å². The van der Waals surface area contributed by atoms with Crippen molar-refractivity contribution in [2.24, 2.45) is 0 Å². The second-order valence-corrected chi connectivity index (χ2v) is 9.62. The Balaban J connectivity index is 4.07. The Kier molecular flexibility index (Phi) is 5.28. The molecule has 0 aliphatic carbocycles. The molecule has 1 heteroatoms. The Morgan fingerprint density at radius 2 is 1.92 bits per heavy atom. The van der Waals surface area contributed by atoms with Gasteiger partial charge in [0.25, 0.3) is 0 Å². The van der Waals surface area contributed by atoms with E-state index in [1.807, 2.05) is 0 Å². The van der Waals surface area contributed by atoms with Crippen LogP contribution in [0.25, 0.3) is 0 Å². The zero-order valence-corrected chi connectivity index (χ0v) is 10.2. The van der Waals surface area contributed by atoms with Gasteiger partial charge in [-0.15, -0.1) is 5.73 Å². The summed E-state index contributed by atoms with van der Waals surface area (Å²) < 4.78 is 0. The van der Waals surface area contributed by atoms with E-state index < -0.39 is 8.07 Å². The Bertz CT molecular complexity index is 178. The summed E-state index contributed by atoms with van der Waals surface area (Å²) in [6, 6.07) is 0. The van der Waals surface area contributed by atoms with Gasteiger partial charge in [0.1, 0.15) is 0 Å². The third-order valence-corrected chi connectivity index (χ3v) is 4.54. The predicted molar refractivity (Wildman–Crippen MR) is 60.1 cm³/mol. The van der Waals surface area contributed by atoms with Gasteiger partial charge >= 0.3 is 0 Å². The molecule has 0 saturated carbocycles. The second-order valence-electron chi connectivity index (χ2n) is 4.37. The van der Waals surface area contributed by atoms with Crippen molar-refractivity contribution in [1.82, 2.24) is 0 Å². The molecule has 0 saturated heterocycles. The fraction of sp³-hybridized carbons (Fsp3) is 0.727. The minimum atomic E-state index is -1.05. The van der Waals surface area contributed by atoms with E-state index in [4.69, 9.17) is 0 Å². The van der Waals surface area contributed by atoms with Gasteiger partial charge < -0.3 is 0 Å². The highest BCUT2D eigenvalue weighted by atomic mass is 28.3. The molecule has 0 heterocycles. The summed E-state index contributed by atoms with van der Waals surface area (Å²) in [7, 11) is -1.05. The molecular weight excluding hydrogens is 160 g/mol. The van der Waals surface area contributed by atoms with Crippen LogP contribution in [0.3, 0.4) is 0 Å². The van der Waals surface area contributed by atoms with Gasteiger partial charge in [0, 0.05) is 0 Å². The standard InChI is InChI=1S/C11H22Si/c1-6-7-8-9-10-11(2)12(3,4)5/h9H,6-8H2,1-5H3. The van der Waals surface area contributed by atoms with Crippen molar-refractivity contribution in [3.05, 3.63) is 17.0 Å². The lowest BCUT2D eigenvalue weighted by Crippen LogP contribution is -2.21. The zero-order chi connectivity index (χ0) is 9.61. The summed E-state index contributed by atoms with van der Waals surface area (Å²) in [5.74, 6) is 0. The largest absolute Gasteiger partial charge is 0.131 e. The first-order valence-electron chi connectivity index (χ1n) is 4.90. The van der Waals surface area contributed by atoms with Crippen LogP contribution in [-0.2, 0) is 0 Å². The van der Waals surface area contributed by atoms with Gasteiger partial charge in [0.05, 0.1) is 8.07 Å². The summed E-state index contributed by atoms with van der Waals surface area (Å²) in [5, 5.41) is 1.48. The molecule has 0 unspecified atom stereocenters. The lowest BCUT2D eigenvalue weighted by molar-refractivity contribution is 0.815. The van der Waals surface area contributed by atoms with E-state index in [2.05, 4.69) is 45.3 Å². The molecule has 0 radical (unpaired) electrons. The van der Waals surface area contributed by atoms with Crippen LogP contribution in [0.2, 0.25) is 19.6 Å². The van der Waals surface area contributed by atoms with Crippen molar-refractivity contribution in [3.8, 4) is 0 Å². The molecule has 0 aromatic heterocycles. The van der Waals surface area contributed by atoms with Crippen LogP contribution < -0.4 is 0 Å². The van der Waals surface area contributed by atoms with Crippen molar-refractivity contribution >= 4 is 8.07 Å². The SMILES string of the molecule is CCCCC=C=C(C)[Si](C)(C)C. The van der Waals surface area contributed by atoms with Crippen LogP contribution in [0.15, 0.2) is 17.0 Å². The molecule has 0 atom stereocenters. The lowest BCUT2D eigenvalue weighted by atomic mass is 10.2. The molecule has 12 heavy (non-hydrogen) atoms. The highest BCUT2D eigenvalue weighted by Crippen LogP contribution is 2.11. The lowest BCUT2D eigenvalue weighted by Gasteiger charge is -2.13. The van der Waals surface area contributed by atoms with E-state index in [9.17, 15) is 0 Å². The topological polar surface area (TPSA) is 0 Å². The van der Waals surface area contributed by atoms with Gasteiger partial charge in [-0.3, -0.25) is 0 Å². The highest BCUT2D eigenvalue weighted by Gasteiger charge is 2.14. The minimum absolute atomic E-state index is 1.05. The van der Waals surface area contributed by atoms with Crippen LogP contribution >= 0.6 is 0 Å². The summed E-state index contributed by atoms with van der Waals surface area (Å²) in [4.78, 5) is 0. The number of allylic oxidation sites excluding steroid dienone is 1. The first kappa shape index (κ1) is 11.7. The Hall–Kier alpha value is -0.263. The van der Waals surface area contributed by atoms with Crippen molar-refractivity contribution in [2.75, 3.05) is 0 Å². The molecule has 0 amide bonds. The molecular formula is C11H22Si. The van der Waals surface area contributed by atoms with Crippen LogP contribution in [0.4, 0.5) is 0 Å². The van der Waals surface area contributed by atoms with Crippen LogP contribution in [-0.4, -0.2) is 8.07 Å². The molecule has 0 fully saturated rings. The van der Waals surface area contributed by atoms with Gasteiger partial charge in [-0.25, -0.2) is 0 Å². The smallest absolute Gasteiger partial charge is 0.0819 e. The van der Waals surface area contributed by atoms with Crippen molar-refractivity contribution in [1.29, 1.82) is 0 Å². The zero-order valence-electron chi connectivity index (χ0n) is 9.20. The molecule has 0 N–H and O–H groups in total. The third-order valence-electron chi connectivity index (χ3n) is 2.15. The quantitative estimate of drug-likeness (QED) is 0.348. The average Bonchev–Trinajstić information content (AvgIpc) is 1.96. The maximum Gasteiger partial charge on any atom is 0.0819 e. The van der Waals surface area contributed by atoms with E-state index in [1.54, 1.807) is 0 Å². The van der Waals surface area contributed by atoms with E-state index >= 15 is 0 Å². The predicted octanol–water partition coefficient (Wildman–Crippen LogP) is 4.16. The first-order chi connectivity index (χ1) is 5.48. The normalized spacial score (nSPS) is 10.8. The Morgan fingerprint density at radius 1 is 1.33 bits per heavy atom. The van der Waals surface area contributed by atoms with E-state index in [0.717, 1.165) is 0 Å². The van der Waals surface area contributed by atoms with Gasteiger partial charge in [-0.2, -0.15) is 0 Å². The van der Waals surface area contributed by atoms with Crippen molar-refractivity contribution in [3.63, 3.8) is 0 Å². The summed E-state index contributed by atoms with van der Waals surface area (Å²) in [6.07, 6.45) is 5.98. The molecule has 0 aromatic rings. The molecule has 0 aliphatic rings. The molecule has 0 spiro atoms. The van der Waals surface area contributed by atoms with Gasteiger partial charge in [-0.1, -0.05) is 33.0 Å². The van der Waals surface area contributed by atoms with Gasteiger partial charge in [0.2, 0.25) is 0 Å². The van der Waals surface area contributed by atoms with Crippen molar-refractivity contribution in [2.45, 2.75) is 52.8 Å². The molecule has 0 aromatic carbocycles. The Labute approximate surface area is 78.4 Å². The number of rotatable bonds is 4. The van der Waals surface area contributed by atoms with E-state index in [-0.39, 0.29) is 0 Å². The Morgan fingerprint density at radius 3 is 2.33 bits per heavy atom. The summed E-state index contributed by atoms with van der Waals surface area (Å²) in [5.41, 5.74) is 3.41. The maximum absolute atomic E-state index is 3.41. The summed E-state index contributed by atoms with van der Waals surface area (Å²) in [6.45, 7) is 11.5. The van der Waals surface area contributed by atoms with Crippen molar-refractivity contribution < 1.29 is 0 Å². The molecule has 0 rings (SSSR count).